The van der Waals surface area contributed by atoms with Crippen molar-refractivity contribution in [1.82, 2.24) is 0 Å². The summed E-state index contributed by atoms with van der Waals surface area (Å²) in [5.74, 6) is 0.841. The molecule has 0 unspecified atom stereocenters. The van der Waals surface area contributed by atoms with Gasteiger partial charge in [0.15, 0.2) is 0 Å². The highest BCUT2D eigenvalue weighted by Crippen LogP contribution is 2.08. The van der Waals surface area contributed by atoms with Crippen LogP contribution in [0, 0.1) is 0 Å². The van der Waals surface area contributed by atoms with E-state index in [1.54, 1.807) is 0 Å². The van der Waals surface area contributed by atoms with E-state index < -0.39 is 0 Å². The highest BCUT2D eigenvalue weighted by atomic mass is 127. The van der Waals surface area contributed by atoms with Gasteiger partial charge >= 0.3 is 0 Å². The smallest absolute Gasteiger partial charge is 0.0223 e. The van der Waals surface area contributed by atoms with Crippen LogP contribution in [0.3, 0.4) is 0 Å². The molecule has 68 valence electrons. The van der Waals surface area contributed by atoms with Crippen molar-refractivity contribution >= 4 is 34.2 Å². The van der Waals surface area contributed by atoms with Gasteiger partial charge in [-0.2, -0.15) is 0 Å². The minimum Gasteiger partial charge on any atom is -0.127 e. The van der Waals surface area contributed by atoms with E-state index in [2.05, 4.69) is 22.6 Å². The highest BCUT2D eigenvalue weighted by molar-refractivity contribution is 14.1. The quantitative estimate of drug-likeness (QED) is 0.353. The van der Waals surface area contributed by atoms with Crippen molar-refractivity contribution < 1.29 is 0 Å². The average Bonchev–Trinajstić information content (AvgIpc) is 2.03. The van der Waals surface area contributed by atoms with Crippen molar-refractivity contribution in [1.29, 1.82) is 0 Å². The fourth-order valence-electron chi connectivity index (χ4n) is 1.07. The predicted molar refractivity (Wildman–Crippen MR) is 61.9 cm³/mol. The van der Waals surface area contributed by atoms with Crippen molar-refractivity contribution in [2.24, 2.45) is 0 Å². The van der Waals surface area contributed by atoms with Crippen LogP contribution < -0.4 is 0 Å². The minimum atomic E-state index is 0.841. The van der Waals surface area contributed by atoms with E-state index >= 15 is 0 Å². The van der Waals surface area contributed by atoms with Crippen LogP contribution >= 0.6 is 34.2 Å². The van der Waals surface area contributed by atoms with E-state index in [1.807, 2.05) is 0 Å². The molecule has 0 N–H and O–H groups in total. The van der Waals surface area contributed by atoms with E-state index in [0.29, 0.717) is 0 Å². The van der Waals surface area contributed by atoms with Gasteiger partial charge in [-0.1, -0.05) is 54.7 Å². The van der Waals surface area contributed by atoms with Crippen LogP contribution in [-0.4, -0.2) is 10.3 Å². The third-order valence-corrected chi connectivity index (χ3v) is 2.80. The molecule has 0 rings (SSSR count). The first kappa shape index (κ1) is 12.0. The summed E-state index contributed by atoms with van der Waals surface area (Å²) in [5.41, 5.74) is 0. The van der Waals surface area contributed by atoms with Crippen LogP contribution in [0.25, 0.3) is 0 Å². The van der Waals surface area contributed by atoms with Crippen molar-refractivity contribution in [3.05, 3.63) is 0 Å². The molecule has 0 aliphatic heterocycles. The first-order valence-electron chi connectivity index (χ1n) is 4.53. The maximum absolute atomic E-state index is 5.56. The molecule has 0 nitrogen and oxygen atoms in total. The largest absolute Gasteiger partial charge is 0.127 e. The minimum absolute atomic E-state index is 0.841. The molecule has 11 heavy (non-hydrogen) atoms. The van der Waals surface area contributed by atoms with Gasteiger partial charge in [0.25, 0.3) is 0 Å². The first-order valence-corrected chi connectivity index (χ1v) is 6.59. The lowest BCUT2D eigenvalue weighted by molar-refractivity contribution is 0.606. The van der Waals surface area contributed by atoms with Crippen molar-refractivity contribution in [3.8, 4) is 0 Å². The van der Waals surface area contributed by atoms with E-state index in [-0.39, 0.29) is 0 Å². The van der Waals surface area contributed by atoms with Crippen molar-refractivity contribution in [2.75, 3.05) is 10.3 Å². The molecule has 0 radical (unpaired) electrons. The summed E-state index contributed by atoms with van der Waals surface area (Å²) < 4.78 is 1.32. The third kappa shape index (κ3) is 11.0. The average molecular weight is 289 g/mol. The molecule has 0 amide bonds. The number of hydrogen-bond donors (Lipinski definition) is 0. The third-order valence-electron chi connectivity index (χ3n) is 1.77. The Hall–Kier alpha value is 1.02. The second-order valence-electron chi connectivity index (χ2n) is 2.85. The fourth-order valence-corrected chi connectivity index (χ4v) is 1.80. The van der Waals surface area contributed by atoms with Gasteiger partial charge in [-0.05, 0) is 17.3 Å². The number of unbranched alkanes of at least 4 members (excludes halogenated alkanes) is 6. The highest BCUT2D eigenvalue weighted by Gasteiger charge is 1.89. The summed E-state index contributed by atoms with van der Waals surface area (Å²) in [7, 11) is 0. The molecule has 0 spiro atoms. The van der Waals surface area contributed by atoms with Crippen LogP contribution in [0.1, 0.15) is 44.9 Å². The zero-order valence-corrected chi connectivity index (χ0v) is 10.0. The molecule has 0 saturated carbocycles. The fraction of sp³-hybridized carbons (Fsp3) is 1.00. The molecule has 2 heteroatoms. The molecule has 0 aliphatic carbocycles. The van der Waals surface area contributed by atoms with Crippen LogP contribution in [0.15, 0.2) is 0 Å². The first-order chi connectivity index (χ1) is 5.41. The molecule has 0 aliphatic rings. The molecule has 0 aromatic rings. The summed E-state index contributed by atoms with van der Waals surface area (Å²) >= 11 is 8.01. The summed E-state index contributed by atoms with van der Waals surface area (Å²) in [6.07, 6.45) is 9.56. The molecular formula is C9H18ClI. The number of alkyl halides is 2. The standard InChI is InChI=1S/C9H18ClI/c10-8-6-4-2-1-3-5-7-9-11/h1-9H2. The summed E-state index contributed by atoms with van der Waals surface area (Å²) in [6.45, 7) is 0. The van der Waals surface area contributed by atoms with E-state index in [0.717, 1.165) is 5.88 Å². The monoisotopic (exact) mass is 288 g/mol. The van der Waals surface area contributed by atoms with E-state index in [4.69, 9.17) is 11.6 Å². The van der Waals surface area contributed by atoms with E-state index in [9.17, 15) is 0 Å². The zero-order valence-electron chi connectivity index (χ0n) is 7.12. The summed E-state index contributed by atoms with van der Waals surface area (Å²) in [4.78, 5) is 0. The lowest BCUT2D eigenvalue weighted by Crippen LogP contribution is -1.81. The molecule has 0 aromatic carbocycles. The Kier molecular flexibility index (Phi) is 12.0. The van der Waals surface area contributed by atoms with E-state index in [1.165, 1.54) is 49.4 Å². The Balaban J connectivity index is 2.69. The Morgan fingerprint density at radius 2 is 1.18 bits per heavy atom. The van der Waals surface area contributed by atoms with Gasteiger partial charge in [0.2, 0.25) is 0 Å². The van der Waals surface area contributed by atoms with Crippen LogP contribution in [0.2, 0.25) is 0 Å². The molecule has 0 atom stereocenters. The number of halogens is 2. The lowest BCUT2D eigenvalue weighted by Gasteiger charge is -1.98. The van der Waals surface area contributed by atoms with Crippen LogP contribution in [0.5, 0.6) is 0 Å². The number of hydrogen-bond acceptors (Lipinski definition) is 0. The second kappa shape index (κ2) is 11.0. The van der Waals surface area contributed by atoms with Crippen molar-refractivity contribution in [2.45, 2.75) is 44.9 Å². The SMILES string of the molecule is ClCCCCCCCCCI. The van der Waals surface area contributed by atoms with Gasteiger partial charge in [-0.25, -0.2) is 0 Å². The van der Waals surface area contributed by atoms with Gasteiger partial charge in [0, 0.05) is 5.88 Å². The van der Waals surface area contributed by atoms with Gasteiger partial charge in [-0.15, -0.1) is 11.6 Å². The summed E-state index contributed by atoms with van der Waals surface area (Å²) in [5, 5.41) is 0. The normalized spacial score (nSPS) is 10.4. The Bertz CT molecular complexity index is 58.6. The molecule has 0 bridgehead atoms. The maximum Gasteiger partial charge on any atom is 0.0223 e. The van der Waals surface area contributed by atoms with Gasteiger partial charge < -0.3 is 0 Å². The Morgan fingerprint density at radius 3 is 1.64 bits per heavy atom. The lowest BCUT2D eigenvalue weighted by atomic mass is 10.1. The molecule has 0 aromatic heterocycles. The van der Waals surface area contributed by atoms with Crippen molar-refractivity contribution in [3.63, 3.8) is 0 Å². The van der Waals surface area contributed by atoms with Gasteiger partial charge in [-0.3, -0.25) is 0 Å². The Morgan fingerprint density at radius 1 is 0.727 bits per heavy atom. The molecule has 0 saturated heterocycles. The molecule has 0 heterocycles. The zero-order chi connectivity index (χ0) is 8.36. The van der Waals surface area contributed by atoms with Gasteiger partial charge in [0.1, 0.15) is 0 Å². The van der Waals surface area contributed by atoms with Gasteiger partial charge in [0.05, 0.1) is 0 Å². The topological polar surface area (TPSA) is 0 Å². The number of rotatable bonds is 8. The van der Waals surface area contributed by atoms with Crippen LogP contribution in [0.4, 0.5) is 0 Å². The predicted octanol–water partition coefficient (Wildman–Crippen LogP) is 4.39. The second-order valence-corrected chi connectivity index (χ2v) is 4.31. The maximum atomic E-state index is 5.56. The Labute approximate surface area is 89.2 Å². The molecular weight excluding hydrogens is 270 g/mol. The van der Waals surface area contributed by atoms with Crippen LogP contribution in [-0.2, 0) is 0 Å². The molecule has 0 fully saturated rings. The summed E-state index contributed by atoms with van der Waals surface area (Å²) in [6, 6.07) is 0.